The lowest BCUT2D eigenvalue weighted by molar-refractivity contribution is 0.589. The molecule has 0 saturated carbocycles. The maximum atomic E-state index is 13.1. The van der Waals surface area contributed by atoms with Gasteiger partial charge in [0.15, 0.2) is 0 Å². The number of benzene rings is 2. The van der Waals surface area contributed by atoms with E-state index in [0.717, 1.165) is 22.4 Å². The number of nitrogens with one attached hydrogen (secondary N) is 1. The molecule has 0 radical (unpaired) electrons. The van der Waals surface area contributed by atoms with E-state index in [4.69, 9.17) is 0 Å². The van der Waals surface area contributed by atoms with Crippen molar-refractivity contribution in [1.82, 2.24) is 5.32 Å². The van der Waals surface area contributed by atoms with Gasteiger partial charge in [-0.05, 0) is 48.0 Å². The summed E-state index contributed by atoms with van der Waals surface area (Å²) in [6.07, 6.45) is 0. The quantitative estimate of drug-likeness (QED) is 0.828. The Morgan fingerprint density at radius 3 is 2.43 bits per heavy atom. The molecule has 0 aliphatic carbocycles. The highest BCUT2D eigenvalue weighted by atomic mass is 79.9. The minimum absolute atomic E-state index is 0.218. The Bertz CT molecular complexity index is 596. The average Bonchev–Trinajstić information content (AvgIpc) is 2.45. The van der Waals surface area contributed by atoms with E-state index in [1.807, 2.05) is 13.1 Å². The van der Waals surface area contributed by atoms with E-state index in [2.05, 4.69) is 52.1 Å². The number of hydrogen-bond donors (Lipinski definition) is 1. The molecule has 0 unspecified atom stereocenters. The monoisotopic (exact) mass is 350 g/mol. The first-order valence-electron chi connectivity index (χ1n) is 6.98. The molecule has 4 heteroatoms. The summed E-state index contributed by atoms with van der Waals surface area (Å²) in [7, 11) is 2.00. The third-order valence-electron chi connectivity index (χ3n) is 3.32. The summed E-state index contributed by atoms with van der Waals surface area (Å²) in [6.45, 7) is 5.04. The molecule has 0 atom stereocenters. The first-order valence-corrected chi connectivity index (χ1v) is 7.78. The fourth-order valence-corrected chi connectivity index (χ4v) is 2.55. The third kappa shape index (κ3) is 4.29. The zero-order valence-corrected chi connectivity index (χ0v) is 14.1. The molecule has 0 spiro atoms. The van der Waals surface area contributed by atoms with Crippen molar-refractivity contribution in [2.75, 3.05) is 11.9 Å². The molecule has 0 aromatic heterocycles. The van der Waals surface area contributed by atoms with Crippen LogP contribution in [0.4, 0.5) is 15.8 Å². The Balaban J connectivity index is 2.30. The van der Waals surface area contributed by atoms with E-state index in [9.17, 15) is 4.39 Å². The van der Waals surface area contributed by atoms with Gasteiger partial charge in [-0.15, -0.1) is 0 Å². The van der Waals surface area contributed by atoms with Crippen LogP contribution in [-0.4, -0.2) is 13.1 Å². The molecule has 0 fully saturated rings. The van der Waals surface area contributed by atoms with Crippen molar-refractivity contribution in [1.29, 1.82) is 0 Å². The van der Waals surface area contributed by atoms with Gasteiger partial charge in [0.2, 0.25) is 0 Å². The highest BCUT2D eigenvalue weighted by Gasteiger charge is 2.10. The largest absolute Gasteiger partial charge is 0.344 e. The normalized spacial score (nSPS) is 11.0. The Kier molecular flexibility index (Phi) is 5.37. The van der Waals surface area contributed by atoms with Crippen molar-refractivity contribution < 1.29 is 4.39 Å². The molecule has 2 nitrogen and oxygen atoms in total. The Morgan fingerprint density at radius 1 is 1.14 bits per heavy atom. The second-order valence-electron chi connectivity index (χ2n) is 5.34. The first kappa shape index (κ1) is 16.0. The first-order chi connectivity index (χ1) is 9.97. The summed E-state index contributed by atoms with van der Waals surface area (Å²) < 4.78 is 14.1. The van der Waals surface area contributed by atoms with Crippen molar-refractivity contribution in [3.63, 3.8) is 0 Å². The van der Waals surface area contributed by atoms with Crippen LogP contribution in [0.1, 0.15) is 19.4 Å². The van der Waals surface area contributed by atoms with Crippen molar-refractivity contribution in [2.24, 2.45) is 0 Å². The maximum Gasteiger partial charge on any atom is 0.123 e. The smallest absolute Gasteiger partial charge is 0.123 e. The van der Waals surface area contributed by atoms with Crippen molar-refractivity contribution in [3.8, 4) is 0 Å². The summed E-state index contributed by atoms with van der Waals surface area (Å²) in [5.41, 5.74) is 3.27. The van der Waals surface area contributed by atoms with E-state index in [1.54, 1.807) is 12.1 Å². The molecular formula is C17H20BrFN2. The van der Waals surface area contributed by atoms with Gasteiger partial charge in [-0.1, -0.05) is 29.8 Å². The van der Waals surface area contributed by atoms with Crippen LogP contribution in [0.15, 0.2) is 46.9 Å². The van der Waals surface area contributed by atoms with Crippen molar-refractivity contribution in [3.05, 3.63) is 58.3 Å². The summed E-state index contributed by atoms with van der Waals surface area (Å²) in [6, 6.07) is 13.2. The zero-order chi connectivity index (χ0) is 15.4. The molecule has 112 valence electrons. The Morgan fingerprint density at radius 2 is 1.81 bits per heavy atom. The summed E-state index contributed by atoms with van der Waals surface area (Å²) in [4.78, 5) is 2.07. The van der Waals surface area contributed by atoms with E-state index in [0.29, 0.717) is 6.04 Å². The number of halogens is 2. The third-order valence-corrected chi connectivity index (χ3v) is 3.81. The Labute approximate surface area is 134 Å². The second-order valence-corrected chi connectivity index (χ2v) is 6.26. The van der Waals surface area contributed by atoms with Crippen LogP contribution in [0, 0.1) is 5.82 Å². The molecule has 0 amide bonds. The van der Waals surface area contributed by atoms with Crippen molar-refractivity contribution >= 4 is 27.3 Å². The van der Waals surface area contributed by atoms with E-state index in [-0.39, 0.29) is 5.82 Å². The van der Waals surface area contributed by atoms with Gasteiger partial charge in [0.25, 0.3) is 0 Å². The second kappa shape index (κ2) is 7.05. The molecule has 1 N–H and O–H groups in total. The molecule has 0 aliphatic rings. The summed E-state index contributed by atoms with van der Waals surface area (Å²) >= 11 is 3.52. The number of nitrogens with zero attached hydrogens (tertiary/aromatic N) is 1. The van der Waals surface area contributed by atoms with Gasteiger partial charge < -0.3 is 10.2 Å². The summed E-state index contributed by atoms with van der Waals surface area (Å²) in [5.74, 6) is -0.218. The molecule has 2 rings (SSSR count). The van der Waals surface area contributed by atoms with Gasteiger partial charge in [-0.3, -0.25) is 0 Å². The molecule has 21 heavy (non-hydrogen) atoms. The molecule has 0 aliphatic heterocycles. The lowest BCUT2D eigenvalue weighted by Gasteiger charge is -2.23. The predicted octanol–water partition coefficient (Wildman–Crippen LogP) is 4.85. The van der Waals surface area contributed by atoms with Gasteiger partial charge in [0.05, 0.1) is 0 Å². The van der Waals surface area contributed by atoms with Crippen LogP contribution in [0.25, 0.3) is 0 Å². The van der Waals surface area contributed by atoms with Gasteiger partial charge in [0, 0.05) is 35.5 Å². The SMILES string of the molecule is CC(C)NCc1cc(Br)ccc1N(C)c1ccc(F)cc1. The molecule has 2 aromatic rings. The molecule has 0 saturated heterocycles. The minimum Gasteiger partial charge on any atom is -0.344 e. The lowest BCUT2D eigenvalue weighted by Crippen LogP contribution is -2.23. The molecular weight excluding hydrogens is 331 g/mol. The van der Waals surface area contributed by atoms with Crippen LogP contribution < -0.4 is 10.2 Å². The van der Waals surface area contributed by atoms with Gasteiger partial charge in [-0.25, -0.2) is 4.39 Å². The van der Waals surface area contributed by atoms with E-state index < -0.39 is 0 Å². The van der Waals surface area contributed by atoms with Gasteiger partial charge in [0.1, 0.15) is 5.82 Å². The van der Waals surface area contributed by atoms with E-state index >= 15 is 0 Å². The number of anilines is 2. The fourth-order valence-electron chi connectivity index (χ4n) is 2.14. The van der Waals surface area contributed by atoms with Crippen molar-refractivity contribution in [2.45, 2.75) is 26.4 Å². The van der Waals surface area contributed by atoms with Crippen LogP contribution in [0.2, 0.25) is 0 Å². The van der Waals surface area contributed by atoms with Crippen LogP contribution >= 0.6 is 15.9 Å². The Hall–Kier alpha value is -1.39. The van der Waals surface area contributed by atoms with Crippen LogP contribution in [0.3, 0.4) is 0 Å². The molecule has 0 bridgehead atoms. The average molecular weight is 351 g/mol. The standard InChI is InChI=1S/C17H20BrFN2/c1-12(2)20-11-13-10-14(18)4-9-17(13)21(3)16-7-5-15(19)6-8-16/h4-10,12,20H,11H2,1-3H3. The highest BCUT2D eigenvalue weighted by Crippen LogP contribution is 2.29. The molecule has 2 aromatic carbocycles. The minimum atomic E-state index is -0.218. The predicted molar refractivity (Wildman–Crippen MR) is 90.6 cm³/mol. The zero-order valence-electron chi connectivity index (χ0n) is 12.5. The highest BCUT2D eigenvalue weighted by molar-refractivity contribution is 9.10. The molecule has 0 heterocycles. The fraction of sp³-hybridized carbons (Fsp3) is 0.294. The van der Waals surface area contributed by atoms with Gasteiger partial charge in [-0.2, -0.15) is 0 Å². The topological polar surface area (TPSA) is 15.3 Å². The number of hydrogen-bond acceptors (Lipinski definition) is 2. The lowest BCUT2D eigenvalue weighted by atomic mass is 10.1. The summed E-state index contributed by atoms with van der Waals surface area (Å²) in [5, 5.41) is 3.44. The number of rotatable bonds is 5. The van der Waals surface area contributed by atoms with Crippen LogP contribution in [0.5, 0.6) is 0 Å². The van der Waals surface area contributed by atoms with E-state index in [1.165, 1.54) is 17.7 Å². The maximum absolute atomic E-state index is 13.1. The van der Waals surface area contributed by atoms with Crippen LogP contribution in [-0.2, 0) is 6.54 Å². The van der Waals surface area contributed by atoms with Gasteiger partial charge >= 0.3 is 0 Å².